The van der Waals surface area contributed by atoms with Crippen molar-refractivity contribution in [3.05, 3.63) is 0 Å². The van der Waals surface area contributed by atoms with Gasteiger partial charge in [0.2, 0.25) is 11.8 Å². The van der Waals surface area contributed by atoms with Crippen molar-refractivity contribution in [3.63, 3.8) is 0 Å². The van der Waals surface area contributed by atoms with Gasteiger partial charge < -0.3 is 15.4 Å². The summed E-state index contributed by atoms with van der Waals surface area (Å²) in [6.45, 7) is 25.6. The smallest absolute Gasteiger partial charge is 0.246 e. The predicted octanol–water partition coefficient (Wildman–Crippen LogP) is 5.69. The molecule has 0 rings (SSSR count). The van der Waals surface area contributed by atoms with E-state index in [-0.39, 0.29) is 54.9 Å². The summed E-state index contributed by atoms with van der Waals surface area (Å²) in [6.07, 6.45) is 0. The number of rotatable bonds is 5. The molecule has 0 aliphatic carbocycles. The zero-order chi connectivity index (χ0) is 24.9. The molecule has 0 heterocycles. The minimum atomic E-state index is -0.330. The van der Waals surface area contributed by atoms with Gasteiger partial charge in [-0.2, -0.15) is 0 Å². The molecule has 0 aliphatic heterocycles. The SMILES string of the molecule is C.C.CC(C)(C)C#CCNC(=O)C(C)(C)C.CC(C)(C)C#CCNC(=O)COCC(C)(C)C. The minimum absolute atomic E-state index is 0. The van der Waals surface area contributed by atoms with Crippen LogP contribution >= 0.6 is 0 Å². The Morgan fingerprint density at radius 1 is 0.697 bits per heavy atom. The Morgan fingerprint density at radius 2 is 1.09 bits per heavy atom. The van der Waals surface area contributed by atoms with Crippen molar-refractivity contribution in [1.29, 1.82) is 0 Å². The van der Waals surface area contributed by atoms with E-state index in [4.69, 9.17) is 4.74 Å². The third-order valence-corrected chi connectivity index (χ3v) is 3.09. The number of ether oxygens (including phenoxy) is 1. The minimum Gasteiger partial charge on any atom is -0.371 e. The van der Waals surface area contributed by atoms with Gasteiger partial charge in [0.1, 0.15) is 6.61 Å². The van der Waals surface area contributed by atoms with E-state index in [1.807, 2.05) is 62.3 Å². The lowest BCUT2D eigenvalue weighted by molar-refractivity contribution is -0.128. The number of amides is 2. The van der Waals surface area contributed by atoms with Crippen LogP contribution in [0.3, 0.4) is 0 Å². The van der Waals surface area contributed by atoms with Gasteiger partial charge in [0.25, 0.3) is 0 Å². The fourth-order valence-corrected chi connectivity index (χ4v) is 1.65. The summed E-state index contributed by atoms with van der Waals surface area (Å²) in [5.74, 6) is 11.9. The largest absolute Gasteiger partial charge is 0.371 e. The van der Waals surface area contributed by atoms with Crippen molar-refractivity contribution in [3.8, 4) is 23.7 Å². The lowest BCUT2D eigenvalue weighted by Gasteiger charge is -2.17. The Hall–Kier alpha value is -1.98. The molecule has 0 aromatic rings. The van der Waals surface area contributed by atoms with Gasteiger partial charge in [-0.15, -0.1) is 0 Å². The summed E-state index contributed by atoms with van der Waals surface area (Å²) in [5, 5.41) is 5.49. The third kappa shape index (κ3) is 32.3. The first kappa shape index (κ1) is 38.3. The van der Waals surface area contributed by atoms with Crippen LogP contribution in [-0.4, -0.2) is 38.1 Å². The van der Waals surface area contributed by atoms with Gasteiger partial charge in [-0.05, 0) is 47.0 Å². The second-order valence-corrected chi connectivity index (χ2v) is 11.9. The molecule has 194 valence electrons. The van der Waals surface area contributed by atoms with Gasteiger partial charge in [-0.1, -0.05) is 80.1 Å². The summed E-state index contributed by atoms with van der Waals surface area (Å²) in [6, 6.07) is 0. The van der Waals surface area contributed by atoms with E-state index in [1.165, 1.54) is 0 Å². The van der Waals surface area contributed by atoms with E-state index < -0.39 is 0 Å². The highest BCUT2D eigenvalue weighted by atomic mass is 16.5. The molecule has 33 heavy (non-hydrogen) atoms. The summed E-state index contributed by atoms with van der Waals surface area (Å²) >= 11 is 0. The van der Waals surface area contributed by atoms with E-state index >= 15 is 0 Å². The Balaban J connectivity index is -0.000000244. The highest BCUT2D eigenvalue weighted by Crippen LogP contribution is 2.13. The van der Waals surface area contributed by atoms with Crippen LogP contribution in [0.4, 0.5) is 0 Å². The van der Waals surface area contributed by atoms with E-state index in [0.717, 1.165) is 0 Å². The van der Waals surface area contributed by atoms with Gasteiger partial charge in [-0.3, -0.25) is 9.59 Å². The van der Waals surface area contributed by atoms with Gasteiger partial charge >= 0.3 is 0 Å². The number of carbonyl (C=O) groups is 2. The van der Waals surface area contributed by atoms with Crippen molar-refractivity contribution >= 4 is 11.8 Å². The lowest BCUT2D eigenvalue weighted by atomic mass is 9.95. The molecule has 0 bridgehead atoms. The second-order valence-electron chi connectivity index (χ2n) is 11.9. The van der Waals surface area contributed by atoms with Crippen LogP contribution < -0.4 is 10.6 Å². The van der Waals surface area contributed by atoms with Gasteiger partial charge in [0, 0.05) is 16.2 Å². The summed E-state index contributed by atoms with van der Waals surface area (Å²) in [4.78, 5) is 22.8. The van der Waals surface area contributed by atoms with Crippen LogP contribution in [-0.2, 0) is 14.3 Å². The molecular formula is C28H54N2O3. The van der Waals surface area contributed by atoms with Crippen molar-refractivity contribution in [1.82, 2.24) is 10.6 Å². The lowest BCUT2D eigenvalue weighted by Crippen LogP contribution is -2.34. The third-order valence-electron chi connectivity index (χ3n) is 3.09. The van der Waals surface area contributed by atoms with E-state index in [0.29, 0.717) is 19.7 Å². The van der Waals surface area contributed by atoms with Gasteiger partial charge in [0.05, 0.1) is 19.7 Å². The first-order chi connectivity index (χ1) is 13.7. The molecule has 0 unspecified atom stereocenters. The molecule has 2 amide bonds. The fraction of sp³-hybridized carbons (Fsp3) is 0.786. The Bertz CT molecular complexity index is 674. The van der Waals surface area contributed by atoms with Crippen LogP contribution in [0.25, 0.3) is 0 Å². The van der Waals surface area contributed by atoms with Gasteiger partial charge in [-0.25, -0.2) is 0 Å². The Morgan fingerprint density at radius 3 is 1.42 bits per heavy atom. The summed E-state index contributed by atoms with van der Waals surface area (Å²) in [7, 11) is 0. The first-order valence-corrected chi connectivity index (χ1v) is 10.9. The van der Waals surface area contributed by atoms with Crippen molar-refractivity contribution in [2.75, 3.05) is 26.3 Å². The first-order valence-electron chi connectivity index (χ1n) is 10.9. The molecule has 0 saturated heterocycles. The molecular weight excluding hydrogens is 412 g/mol. The molecule has 0 saturated carbocycles. The van der Waals surface area contributed by atoms with E-state index in [9.17, 15) is 9.59 Å². The maximum absolute atomic E-state index is 11.4. The monoisotopic (exact) mass is 466 g/mol. The molecule has 0 aromatic carbocycles. The normalized spacial score (nSPS) is 10.9. The summed E-state index contributed by atoms with van der Waals surface area (Å²) < 4.78 is 5.30. The van der Waals surface area contributed by atoms with Crippen LogP contribution in [0.2, 0.25) is 0 Å². The van der Waals surface area contributed by atoms with Gasteiger partial charge in [0.15, 0.2) is 0 Å². The standard InChI is InChI=1S/C14H25NO2.C12H21NO.2CH4/c1-13(2,3)8-7-9-15-12(16)10-17-11-14(4,5)6;1-11(2,3)8-7-9-13-10(14)12(4,5)6;;/h9-11H2,1-6H3,(H,15,16);9H2,1-6H3,(H,13,14);2*1H4. The van der Waals surface area contributed by atoms with E-state index in [2.05, 4.69) is 55.1 Å². The molecule has 0 radical (unpaired) electrons. The Labute approximate surface area is 206 Å². The van der Waals surface area contributed by atoms with Crippen LogP contribution in [0.15, 0.2) is 0 Å². The average molecular weight is 467 g/mol. The second kappa shape index (κ2) is 16.6. The molecule has 2 N–H and O–H groups in total. The average Bonchev–Trinajstić information content (AvgIpc) is 2.52. The maximum atomic E-state index is 11.4. The number of nitrogens with one attached hydrogen (secondary N) is 2. The Kier molecular flexibility index (Phi) is 19.3. The highest BCUT2D eigenvalue weighted by molar-refractivity contribution is 5.81. The predicted molar refractivity (Wildman–Crippen MR) is 144 cm³/mol. The molecule has 5 heteroatoms. The topological polar surface area (TPSA) is 67.4 Å². The quantitative estimate of drug-likeness (QED) is 0.512. The molecule has 0 atom stereocenters. The number of hydrogen-bond donors (Lipinski definition) is 2. The zero-order valence-electron chi connectivity index (χ0n) is 22.1. The van der Waals surface area contributed by atoms with Crippen LogP contribution in [0.5, 0.6) is 0 Å². The molecule has 0 aliphatic rings. The van der Waals surface area contributed by atoms with Crippen molar-refractivity contribution < 1.29 is 14.3 Å². The highest BCUT2D eigenvalue weighted by Gasteiger charge is 2.19. The maximum Gasteiger partial charge on any atom is 0.246 e. The van der Waals surface area contributed by atoms with E-state index in [1.54, 1.807) is 0 Å². The van der Waals surface area contributed by atoms with Crippen molar-refractivity contribution in [2.45, 2.75) is 97.9 Å². The van der Waals surface area contributed by atoms with Crippen molar-refractivity contribution in [2.24, 2.45) is 21.7 Å². The molecule has 0 spiro atoms. The number of hydrogen-bond acceptors (Lipinski definition) is 3. The van der Waals surface area contributed by atoms with Crippen LogP contribution in [0.1, 0.15) is 97.9 Å². The molecule has 0 aromatic heterocycles. The number of carbonyl (C=O) groups excluding carboxylic acids is 2. The molecule has 0 fully saturated rings. The fourth-order valence-electron chi connectivity index (χ4n) is 1.65. The zero-order valence-corrected chi connectivity index (χ0v) is 22.1. The van der Waals surface area contributed by atoms with Crippen LogP contribution in [0, 0.1) is 45.3 Å². The molecule has 5 nitrogen and oxygen atoms in total. The summed E-state index contributed by atoms with van der Waals surface area (Å²) in [5.41, 5.74) is -0.254.